The number of rotatable bonds is 5. The predicted octanol–water partition coefficient (Wildman–Crippen LogP) is 1.45. The summed E-state index contributed by atoms with van der Waals surface area (Å²) in [6.07, 6.45) is 3.01. The molecular weight excluding hydrogens is 356 g/mol. The second kappa shape index (κ2) is 8.66. The van der Waals surface area contributed by atoms with E-state index in [4.69, 9.17) is 10.5 Å². The highest BCUT2D eigenvalue weighted by molar-refractivity contribution is 7.89. The van der Waals surface area contributed by atoms with E-state index in [0.717, 1.165) is 12.8 Å². The molecule has 1 saturated carbocycles. The van der Waals surface area contributed by atoms with Gasteiger partial charge in [-0.05, 0) is 43.9 Å². The lowest BCUT2D eigenvalue weighted by Crippen LogP contribution is -2.40. The molecule has 0 atom stereocenters. The van der Waals surface area contributed by atoms with Gasteiger partial charge in [0.25, 0.3) is 0 Å². The third kappa shape index (κ3) is 4.83. The third-order valence-corrected chi connectivity index (χ3v) is 5.50. The molecule has 24 heavy (non-hydrogen) atoms. The number of ether oxygens (including phenoxy) is 2. The van der Waals surface area contributed by atoms with Gasteiger partial charge in [-0.3, -0.25) is 0 Å². The Hall–Kier alpha value is -1.35. The summed E-state index contributed by atoms with van der Waals surface area (Å²) in [6.45, 7) is 0. The van der Waals surface area contributed by atoms with Crippen molar-refractivity contribution < 1.29 is 22.7 Å². The average molecular weight is 379 g/mol. The maximum absolute atomic E-state index is 12.5. The highest BCUT2D eigenvalue weighted by atomic mass is 35.5. The van der Waals surface area contributed by atoms with Crippen LogP contribution in [0.1, 0.15) is 36.0 Å². The summed E-state index contributed by atoms with van der Waals surface area (Å²) in [6, 6.07) is 4.12. The van der Waals surface area contributed by atoms with Crippen molar-refractivity contribution in [2.75, 3.05) is 14.2 Å². The van der Waals surface area contributed by atoms with Gasteiger partial charge < -0.3 is 15.2 Å². The van der Waals surface area contributed by atoms with Gasteiger partial charge in [0.2, 0.25) is 10.0 Å². The van der Waals surface area contributed by atoms with Crippen molar-refractivity contribution in [3.05, 3.63) is 23.8 Å². The van der Waals surface area contributed by atoms with E-state index < -0.39 is 16.0 Å². The summed E-state index contributed by atoms with van der Waals surface area (Å²) in [7, 11) is -1.09. The molecule has 9 heteroatoms. The summed E-state index contributed by atoms with van der Waals surface area (Å²) in [5.41, 5.74) is 5.90. The standard InChI is InChI=1S/C15H22N2O5S.ClH/c1-21-14-8-7-12(9-13(14)15(18)22-2)23(19,20)17-11-5-3-10(16)4-6-11;/h7-11,17H,3-6,16H2,1-2H3;1H. The van der Waals surface area contributed by atoms with Crippen molar-refractivity contribution in [2.24, 2.45) is 5.73 Å². The zero-order valence-corrected chi connectivity index (χ0v) is 15.3. The SMILES string of the molecule is COC(=O)c1cc(S(=O)(=O)NC2CCC(N)CC2)ccc1OC.Cl. The first-order valence-electron chi connectivity index (χ1n) is 7.41. The first kappa shape index (κ1) is 20.7. The summed E-state index contributed by atoms with van der Waals surface area (Å²) < 4.78 is 37.4. The molecule has 0 radical (unpaired) electrons. The summed E-state index contributed by atoms with van der Waals surface area (Å²) in [5.74, 6) is -0.387. The number of hydrogen-bond acceptors (Lipinski definition) is 6. The first-order valence-corrected chi connectivity index (χ1v) is 8.90. The van der Waals surface area contributed by atoms with E-state index in [1.54, 1.807) is 0 Å². The Morgan fingerprint density at radius 3 is 2.38 bits per heavy atom. The molecular formula is C15H23ClN2O5S. The lowest BCUT2D eigenvalue weighted by molar-refractivity contribution is 0.0597. The van der Waals surface area contributed by atoms with Crippen LogP contribution in [0.3, 0.4) is 0 Å². The van der Waals surface area contributed by atoms with Gasteiger partial charge in [0.05, 0.1) is 19.1 Å². The Bertz CT molecular complexity index is 672. The van der Waals surface area contributed by atoms with E-state index in [2.05, 4.69) is 9.46 Å². The van der Waals surface area contributed by atoms with Gasteiger partial charge in [-0.1, -0.05) is 0 Å². The van der Waals surface area contributed by atoms with Crippen LogP contribution < -0.4 is 15.2 Å². The number of nitrogens with two attached hydrogens (primary N) is 1. The van der Waals surface area contributed by atoms with E-state index in [9.17, 15) is 13.2 Å². The molecule has 0 saturated heterocycles. The molecule has 2 rings (SSSR count). The van der Waals surface area contributed by atoms with Crippen LogP contribution in [-0.2, 0) is 14.8 Å². The molecule has 3 N–H and O–H groups in total. The number of hydrogen-bond donors (Lipinski definition) is 2. The number of nitrogens with one attached hydrogen (secondary N) is 1. The van der Waals surface area contributed by atoms with Gasteiger partial charge in [0.1, 0.15) is 11.3 Å². The fourth-order valence-electron chi connectivity index (χ4n) is 2.65. The molecule has 7 nitrogen and oxygen atoms in total. The normalized spacial score (nSPS) is 20.8. The van der Waals surface area contributed by atoms with E-state index in [1.807, 2.05) is 0 Å². The van der Waals surface area contributed by atoms with E-state index in [1.165, 1.54) is 32.4 Å². The lowest BCUT2D eigenvalue weighted by Gasteiger charge is -2.26. The third-order valence-electron chi connectivity index (χ3n) is 3.98. The van der Waals surface area contributed by atoms with Crippen molar-refractivity contribution in [2.45, 2.75) is 42.7 Å². The number of benzene rings is 1. The minimum atomic E-state index is -3.72. The van der Waals surface area contributed by atoms with Crippen molar-refractivity contribution in [1.82, 2.24) is 4.72 Å². The predicted molar refractivity (Wildman–Crippen MR) is 92.1 cm³/mol. The zero-order chi connectivity index (χ0) is 17.0. The van der Waals surface area contributed by atoms with Gasteiger partial charge in [0, 0.05) is 12.1 Å². The minimum absolute atomic E-state index is 0. The van der Waals surface area contributed by atoms with Gasteiger partial charge in [0.15, 0.2) is 0 Å². The van der Waals surface area contributed by atoms with Crippen molar-refractivity contribution in [1.29, 1.82) is 0 Å². The molecule has 1 fully saturated rings. The molecule has 0 aliphatic heterocycles. The number of carbonyl (C=O) groups excluding carboxylic acids is 1. The Labute approximate surface area is 148 Å². The number of esters is 1. The number of sulfonamides is 1. The molecule has 0 amide bonds. The topological polar surface area (TPSA) is 108 Å². The fourth-order valence-corrected chi connectivity index (χ4v) is 3.98. The molecule has 136 valence electrons. The average Bonchev–Trinajstić information content (AvgIpc) is 2.55. The van der Waals surface area contributed by atoms with Crippen LogP contribution in [0.25, 0.3) is 0 Å². The Morgan fingerprint density at radius 2 is 1.83 bits per heavy atom. The maximum Gasteiger partial charge on any atom is 0.341 e. The number of halogens is 1. The molecule has 1 aliphatic carbocycles. The largest absolute Gasteiger partial charge is 0.496 e. The van der Waals surface area contributed by atoms with E-state index in [0.29, 0.717) is 12.8 Å². The summed E-state index contributed by atoms with van der Waals surface area (Å²) >= 11 is 0. The quantitative estimate of drug-likeness (QED) is 0.751. The Kier molecular flexibility index (Phi) is 7.47. The summed E-state index contributed by atoms with van der Waals surface area (Å²) in [4.78, 5) is 11.8. The monoisotopic (exact) mass is 378 g/mol. The van der Waals surface area contributed by atoms with E-state index in [-0.39, 0.29) is 40.7 Å². The highest BCUT2D eigenvalue weighted by Gasteiger charge is 2.26. The Morgan fingerprint density at radius 1 is 1.21 bits per heavy atom. The van der Waals surface area contributed by atoms with Gasteiger partial charge >= 0.3 is 5.97 Å². The molecule has 0 unspecified atom stereocenters. The highest BCUT2D eigenvalue weighted by Crippen LogP contribution is 2.24. The molecule has 1 aliphatic rings. The zero-order valence-electron chi connectivity index (χ0n) is 13.7. The molecule has 1 aromatic carbocycles. The summed E-state index contributed by atoms with van der Waals surface area (Å²) in [5, 5.41) is 0. The van der Waals surface area contributed by atoms with Crippen LogP contribution in [-0.4, -0.2) is 40.7 Å². The van der Waals surface area contributed by atoms with Crippen LogP contribution in [0.5, 0.6) is 5.75 Å². The van der Waals surface area contributed by atoms with Crippen LogP contribution in [0.15, 0.2) is 23.1 Å². The second-order valence-corrected chi connectivity index (χ2v) is 7.30. The lowest BCUT2D eigenvalue weighted by atomic mass is 9.93. The van der Waals surface area contributed by atoms with Crippen molar-refractivity contribution in [3.8, 4) is 5.75 Å². The molecule has 1 aromatic rings. The molecule has 0 spiro atoms. The smallest absolute Gasteiger partial charge is 0.341 e. The van der Waals surface area contributed by atoms with Crippen molar-refractivity contribution >= 4 is 28.4 Å². The number of carbonyl (C=O) groups is 1. The minimum Gasteiger partial charge on any atom is -0.496 e. The van der Waals surface area contributed by atoms with Crippen molar-refractivity contribution in [3.63, 3.8) is 0 Å². The van der Waals surface area contributed by atoms with Gasteiger partial charge in [-0.25, -0.2) is 17.9 Å². The van der Waals surface area contributed by atoms with Crippen LogP contribution in [0.4, 0.5) is 0 Å². The van der Waals surface area contributed by atoms with Gasteiger partial charge in [-0.15, -0.1) is 12.4 Å². The van der Waals surface area contributed by atoms with E-state index >= 15 is 0 Å². The van der Waals surface area contributed by atoms with Crippen LogP contribution >= 0.6 is 12.4 Å². The van der Waals surface area contributed by atoms with Crippen LogP contribution in [0.2, 0.25) is 0 Å². The van der Waals surface area contributed by atoms with Crippen LogP contribution in [0, 0.1) is 0 Å². The maximum atomic E-state index is 12.5. The van der Waals surface area contributed by atoms with Gasteiger partial charge in [-0.2, -0.15) is 0 Å². The second-order valence-electron chi connectivity index (χ2n) is 5.59. The Balaban J connectivity index is 0.00000288. The first-order chi connectivity index (χ1) is 10.9. The molecule has 0 aromatic heterocycles. The molecule has 0 heterocycles. The number of methoxy groups -OCH3 is 2. The fraction of sp³-hybridized carbons (Fsp3) is 0.533. The molecule has 0 bridgehead atoms.